The summed E-state index contributed by atoms with van der Waals surface area (Å²) >= 11 is 1.80. The lowest BCUT2D eigenvalue weighted by atomic mass is 9.99. The molecule has 4 heteroatoms. The average molecular weight is 253 g/mol. The van der Waals surface area contributed by atoms with Crippen molar-refractivity contribution in [3.8, 4) is 0 Å². The molecule has 96 valence electrons. The van der Waals surface area contributed by atoms with Gasteiger partial charge in [-0.05, 0) is 46.3 Å². The van der Waals surface area contributed by atoms with Crippen LogP contribution in [0.2, 0.25) is 0 Å². The van der Waals surface area contributed by atoms with Crippen LogP contribution in [0, 0.1) is 6.92 Å². The quantitative estimate of drug-likeness (QED) is 0.873. The highest BCUT2D eigenvalue weighted by molar-refractivity contribution is 7.09. The molecule has 1 aromatic rings. The van der Waals surface area contributed by atoms with Crippen molar-refractivity contribution in [2.24, 2.45) is 0 Å². The van der Waals surface area contributed by atoms with Gasteiger partial charge in [0.2, 0.25) is 0 Å². The van der Waals surface area contributed by atoms with Gasteiger partial charge in [-0.2, -0.15) is 0 Å². The van der Waals surface area contributed by atoms with Crippen LogP contribution in [0.1, 0.15) is 36.4 Å². The minimum atomic E-state index is 0.750. The highest BCUT2D eigenvalue weighted by atomic mass is 32.1. The maximum Gasteiger partial charge on any atom is 0.107 e. The van der Waals surface area contributed by atoms with E-state index in [0.717, 1.165) is 24.8 Å². The highest BCUT2D eigenvalue weighted by Gasteiger charge is 2.22. The summed E-state index contributed by atoms with van der Waals surface area (Å²) in [5.41, 5.74) is 1.16. The van der Waals surface area contributed by atoms with E-state index >= 15 is 0 Å². The third kappa shape index (κ3) is 3.76. The molecular formula is C13H23N3S. The van der Waals surface area contributed by atoms with Gasteiger partial charge in [-0.3, -0.25) is 4.90 Å². The fourth-order valence-electron chi connectivity index (χ4n) is 2.56. The first-order chi connectivity index (χ1) is 8.29. The Balaban J connectivity index is 1.91. The fraction of sp³-hybridized carbons (Fsp3) is 0.769. The standard InChI is InChI=1S/C13H23N3S/c1-11-10-17-13(15-11)9-16-8-4-3-5-12(16)6-7-14-2/h10,12,14H,3-9H2,1-2H3. The van der Waals surface area contributed by atoms with Crippen molar-refractivity contribution in [3.63, 3.8) is 0 Å². The van der Waals surface area contributed by atoms with E-state index < -0.39 is 0 Å². The second-order valence-electron chi connectivity index (χ2n) is 4.89. The molecule has 0 amide bonds. The van der Waals surface area contributed by atoms with E-state index in [9.17, 15) is 0 Å². The van der Waals surface area contributed by atoms with Crippen molar-refractivity contribution in [2.45, 2.75) is 45.2 Å². The molecule has 0 saturated carbocycles. The zero-order valence-corrected chi connectivity index (χ0v) is 11.7. The van der Waals surface area contributed by atoms with E-state index in [-0.39, 0.29) is 0 Å². The second-order valence-corrected chi connectivity index (χ2v) is 5.84. The Morgan fingerprint density at radius 3 is 3.12 bits per heavy atom. The third-order valence-electron chi connectivity index (χ3n) is 3.48. The van der Waals surface area contributed by atoms with E-state index in [1.807, 2.05) is 7.05 Å². The van der Waals surface area contributed by atoms with Crippen LogP contribution in [-0.2, 0) is 6.54 Å². The summed E-state index contributed by atoms with van der Waals surface area (Å²) in [6, 6.07) is 0.750. The summed E-state index contributed by atoms with van der Waals surface area (Å²) in [5.74, 6) is 0. The molecule has 1 N–H and O–H groups in total. The van der Waals surface area contributed by atoms with Crippen LogP contribution in [0.3, 0.4) is 0 Å². The molecular weight excluding hydrogens is 230 g/mol. The monoisotopic (exact) mass is 253 g/mol. The Bertz CT molecular complexity index is 337. The van der Waals surface area contributed by atoms with Gasteiger partial charge in [0.05, 0.1) is 6.54 Å². The number of hydrogen-bond donors (Lipinski definition) is 1. The van der Waals surface area contributed by atoms with Gasteiger partial charge in [0, 0.05) is 17.1 Å². The Morgan fingerprint density at radius 2 is 2.41 bits per heavy atom. The lowest BCUT2D eigenvalue weighted by molar-refractivity contribution is 0.132. The number of aryl methyl sites for hydroxylation is 1. The van der Waals surface area contributed by atoms with E-state index in [4.69, 9.17) is 0 Å². The molecule has 1 aliphatic rings. The number of hydrogen-bond acceptors (Lipinski definition) is 4. The van der Waals surface area contributed by atoms with E-state index in [2.05, 4.69) is 27.5 Å². The van der Waals surface area contributed by atoms with Gasteiger partial charge >= 0.3 is 0 Å². The lowest BCUT2D eigenvalue weighted by Gasteiger charge is -2.35. The van der Waals surface area contributed by atoms with Crippen molar-refractivity contribution in [3.05, 3.63) is 16.1 Å². The molecule has 1 unspecified atom stereocenters. The van der Waals surface area contributed by atoms with E-state index in [1.54, 1.807) is 11.3 Å². The molecule has 0 aliphatic carbocycles. The summed E-state index contributed by atoms with van der Waals surface area (Å²) in [5, 5.41) is 6.70. The number of piperidine rings is 1. The lowest BCUT2D eigenvalue weighted by Crippen LogP contribution is -2.40. The van der Waals surface area contributed by atoms with Crippen molar-refractivity contribution in [2.75, 3.05) is 20.1 Å². The molecule has 1 fully saturated rings. The summed E-state index contributed by atoms with van der Waals surface area (Å²) in [4.78, 5) is 7.20. The first-order valence-corrected chi connectivity index (χ1v) is 7.47. The van der Waals surface area contributed by atoms with E-state index in [0.29, 0.717) is 0 Å². The number of likely N-dealkylation sites (tertiary alicyclic amines) is 1. The molecule has 1 aromatic heterocycles. The molecule has 1 aliphatic heterocycles. The van der Waals surface area contributed by atoms with Crippen LogP contribution in [0.15, 0.2) is 5.38 Å². The van der Waals surface area contributed by atoms with Gasteiger partial charge < -0.3 is 5.32 Å². The first-order valence-electron chi connectivity index (χ1n) is 6.59. The van der Waals surface area contributed by atoms with Gasteiger partial charge in [0.25, 0.3) is 0 Å². The van der Waals surface area contributed by atoms with Crippen LogP contribution in [0.25, 0.3) is 0 Å². The number of nitrogens with zero attached hydrogens (tertiary/aromatic N) is 2. The Morgan fingerprint density at radius 1 is 1.53 bits per heavy atom. The number of aromatic nitrogens is 1. The van der Waals surface area contributed by atoms with Crippen LogP contribution in [0.5, 0.6) is 0 Å². The molecule has 1 saturated heterocycles. The van der Waals surface area contributed by atoms with Crippen molar-refractivity contribution >= 4 is 11.3 Å². The largest absolute Gasteiger partial charge is 0.320 e. The molecule has 0 spiro atoms. The van der Waals surface area contributed by atoms with Crippen LogP contribution in [-0.4, -0.2) is 36.1 Å². The molecule has 2 heterocycles. The number of rotatable bonds is 5. The van der Waals surface area contributed by atoms with Crippen LogP contribution < -0.4 is 5.32 Å². The van der Waals surface area contributed by atoms with Crippen molar-refractivity contribution in [1.29, 1.82) is 0 Å². The van der Waals surface area contributed by atoms with Gasteiger partial charge in [-0.1, -0.05) is 6.42 Å². The predicted octanol–water partition coefficient (Wildman–Crippen LogP) is 2.42. The molecule has 2 rings (SSSR count). The molecule has 0 aromatic carbocycles. The predicted molar refractivity (Wildman–Crippen MR) is 73.4 cm³/mol. The van der Waals surface area contributed by atoms with Gasteiger partial charge in [0.1, 0.15) is 5.01 Å². The summed E-state index contributed by atoms with van der Waals surface area (Å²) in [6.07, 6.45) is 5.36. The zero-order chi connectivity index (χ0) is 12.1. The highest BCUT2D eigenvalue weighted by Crippen LogP contribution is 2.22. The minimum absolute atomic E-state index is 0.750. The fourth-order valence-corrected chi connectivity index (χ4v) is 3.35. The molecule has 3 nitrogen and oxygen atoms in total. The second kappa shape index (κ2) is 6.47. The topological polar surface area (TPSA) is 28.2 Å². The molecule has 0 bridgehead atoms. The van der Waals surface area contributed by atoms with Crippen LogP contribution in [0.4, 0.5) is 0 Å². The molecule has 0 radical (unpaired) electrons. The summed E-state index contributed by atoms with van der Waals surface area (Å²) < 4.78 is 0. The summed E-state index contributed by atoms with van der Waals surface area (Å²) in [7, 11) is 2.04. The Kier molecular flexibility index (Phi) is 4.95. The zero-order valence-electron chi connectivity index (χ0n) is 10.9. The van der Waals surface area contributed by atoms with E-state index in [1.165, 1.54) is 37.2 Å². The van der Waals surface area contributed by atoms with Crippen molar-refractivity contribution < 1.29 is 0 Å². The van der Waals surface area contributed by atoms with Crippen molar-refractivity contribution in [1.82, 2.24) is 15.2 Å². The molecule has 1 atom stereocenters. The normalized spacial score (nSPS) is 21.9. The van der Waals surface area contributed by atoms with Gasteiger partial charge in [-0.25, -0.2) is 4.98 Å². The summed E-state index contributed by atoms with van der Waals surface area (Å²) in [6.45, 7) is 5.49. The minimum Gasteiger partial charge on any atom is -0.320 e. The third-order valence-corrected chi connectivity index (χ3v) is 4.43. The number of nitrogens with one attached hydrogen (secondary N) is 1. The first kappa shape index (κ1) is 13.0. The Labute approximate surface area is 108 Å². The average Bonchev–Trinajstić information content (AvgIpc) is 2.74. The van der Waals surface area contributed by atoms with Gasteiger partial charge in [-0.15, -0.1) is 11.3 Å². The Hall–Kier alpha value is -0.450. The molecule has 17 heavy (non-hydrogen) atoms. The van der Waals surface area contributed by atoms with Crippen LogP contribution >= 0.6 is 11.3 Å². The van der Waals surface area contributed by atoms with Gasteiger partial charge in [0.15, 0.2) is 0 Å². The maximum atomic E-state index is 4.58. The smallest absolute Gasteiger partial charge is 0.107 e. The SMILES string of the molecule is CNCCC1CCCCN1Cc1nc(C)cs1. The maximum absolute atomic E-state index is 4.58. The number of thiazole rings is 1.